The molecule has 0 saturated heterocycles. The number of nitrogens with zero attached hydrogens (tertiary/aromatic N) is 2. The topological polar surface area (TPSA) is 75.7 Å². The molecule has 148 valence electrons. The van der Waals surface area contributed by atoms with E-state index >= 15 is 0 Å². The number of hydrogen-bond acceptors (Lipinski definition) is 3. The van der Waals surface area contributed by atoms with Gasteiger partial charge in [0.1, 0.15) is 12.4 Å². The molecule has 1 aliphatic heterocycles. The van der Waals surface area contributed by atoms with Crippen molar-refractivity contribution >= 4 is 11.8 Å². The number of hydrogen-bond donors (Lipinski definition) is 2. The number of rotatable bonds is 15. The Morgan fingerprint density at radius 3 is 2.38 bits per heavy atom. The molecule has 26 heavy (non-hydrogen) atoms. The first-order valence-corrected chi connectivity index (χ1v) is 10.3. The predicted octanol–water partition coefficient (Wildman–Crippen LogP) is 4.94. The van der Waals surface area contributed by atoms with Gasteiger partial charge >= 0.3 is 5.97 Å². The number of carboxylic acids is 1. The van der Waals surface area contributed by atoms with Gasteiger partial charge in [-0.05, 0) is 32.1 Å². The zero-order chi connectivity index (χ0) is 19.3. The maximum absolute atomic E-state index is 11.2. The fraction of sp³-hybridized carbons (Fsp3) is 0.714. The van der Waals surface area contributed by atoms with Crippen LogP contribution in [0.5, 0.6) is 0 Å². The number of allylic oxidation sites excluding steroid dienone is 2. The lowest BCUT2D eigenvalue weighted by atomic mass is 10.1. The van der Waals surface area contributed by atoms with Crippen LogP contribution in [0.2, 0.25) is 0 Å². The second-order valence-electron chi connectivity index (χ2n) is 7.34. The maximum Gasteiger partial charge on any atom is 0.360 e. The fourth-order valence-corrected chi connectivity index (χ4v) is 3.41. The largest absolute Gasteiger partial charge is 0.477 e. The highest BCUT2D eigenvalue weighted by Crippen LogP contribution is 2.23. The fourth-order valence-electron chi connectivity index (χ4n) is 3.41. The second kappa shape index (κ2) is 12.8. The summed E-state index contributed by atoms with van der Waals surface area (Å²) in [5.41, 5.74) is 6.08. The van der Waals surface area contributed by atoms with E-state index in [1.165, 1.54) is 51.4 Å². The van der Waals surface area contributed by atoms with Crippen molar-refractivity contribution in [3.63, 3.8) is 0 Å². The lowest BCUT2D eigenvalue weighted by molar-refractivity contribution is -0.805. The van der Waals surface area contributed by atoms with Gasteiger partial charge in [-0.15, -0.1) is 0 Å². The Morgan fingerprint density at radius 1 is 1.15 bits per heavy atom. The number of aliphatic carboxylic acids is 1. The van der Waals surface area contributed by atoms with Crippen molar-refractivity contribution < 1.29 is 14.4 Å². The quantitative estimate of drug-likeness (QED) is 0.245. The second-order valence-corrected chi connectivity index (χ2v) is 7.34. The molecule has 3 N–H and O–H groups in total. The molecular formula is C21H38N3O2+. The summed E-state index contributed by atoms with van der Waals surface area (Å²) < 4.78 is 0.165. The summed E-state index contributed by atoms with van der Waals surface area (Å²) in [6.07, 6.45) is 21.0. The minimum Gasteiger partial charge on any atom is -0.477 e. The van der Waals surface area contributed by atoms with E-state index in [0.717, 1.165) is 25.1 Å². The molecule has 0 amide bonds. The number of carboxylic acid groups (broad SMARTS) is 1. The van der Waals surface area contributed by atoms with Gasteiger partial charge in [0.05, 0.1) is 6.20 Å². The average Bonchev–Trinajstić information content (AvgIpc) is 2.99. The number of unbranched alkanes of at least 4 members (excludes halogenated alkanes) is 8. The Balaban J connectivity index is 2.16. The standard InChI is InChI=1S/C21H37N3O2/c1-3-4-5-6-7-8-9-10-11-12-13-14-15-20-23-16-17-24(20,19(2)22)18-21(25)26/h7-8,16-17,19H,3-6,9-15,18,22H2,1-2H3/p+1/b8-7+. The molecule has 0 spiro atoms. The van der Waals surface area contributed by atoms with Gasteiger partial charge in [0.2, 0.25) is 5.84 Å². The van der Waals surface area contributed by atoms with E-state index in [2.05, 4.69) is 24.1 Å². The zero-order valence-corrected chi connectivity index (χ0v) is 16.7. The van der Waals surface area contributed by atoms with Crippen LogP contribution in [-0.4, -0.2) is 34.1 Å². The van der Waals surface area contributed by atoms with E-state index in [9.17, 15) is 9.90 Å². The van der Waals surface area contributed by atoms with Crippen molar-refractivity contribution in [1.82, 2.24) is 0 Å². The predicted molar refractivity (Wildman–Crippen MR) is 109 cm³/mol. The van der Waals surface area contributed by atoms with Gasteiger partial charge in [-0.25, -0.2) is 14.3 Å². The molecule has 0 aliphatic carbocycles. The molecular weight excluding hydrogens is 326 g/mol. The third kappa shape index (κ3) is 7.83. The van der Waals surface area contributed by atoms with Crippen LogP contribution >= 0.6 is 0 Å². The van der Waals surface area contributed by atoms with Gasteiger partial charge in [0, 0.05) is 13.3 Å². The molecule has 5 nitrogen and oxygen atoms in total. The Morgan fingerprint density at radius 2 is 1.77 bits per heavy atom. The summed E-state index contributed by atoms with van der Waals surface area (Å²) in [5, 5.41) is 9.21. The van der Waals surface area contributed by atoms with E-state index in [1.54, 1.807) is 6.20 Å². The van der Waals surface area contributed by atoms with Gasteiger partial charge in [0.25, 0.3) is 0 Å². The molecule has 2 atom stereocenters. The highest BCUT2D eigenvalue weighted by atomic mass is 16.4. The minimum absolute atomic E-state index is 0.0302. The van der Waals surface area contributed by atoms with Crippen molar-refractivity contribution in [2.45, 2.75) is 90.6 Å². The third-order valence-electron chi connectivity index (χ3n) is 5.07. The van der Waals surface area contributed by atoms with Gasteiger partial charge < -0.3 is 5.11 Å². The number of amidine groups is 1. The van der Waals surface area contributed by atoms with E-state index in [4.69, 9.17) is 5.73 Å². The number of quaternary nitrogens is 1. The molecule has 0 radical (unpaired) electrons. The lowest BCUT2D eigenvalue weighted by Crippen LogP contribution is -2.59. The summed E-state index contributed by atoms with van der Waals surface area (Å²) in [5.74, 6) is 0.0433. The smallest absolute Gasteiger partial charge is 0.360 e. The maximum atomic E-state index is 11.2. The molecule has 0 bridgehead atoms. The van der Waals surface area contributed by atoms with Crippen LogP contribution in [0, 0.1) is 0 Å². The van der Waals surface area contributed by atoms with Crippen LogP contribution in [0.3, 0.4) is 0 Å². The van der Waals surface area contributed by atoms with E-state index in [0.29, 0.717) is 0 Å². The first-order valence-electron chi connectivity index (χ1n) is 10.3. The first-order chi connectivity index (χ1) is 12.5. The summed E-state index contributed by atoms with van der Waals surface area (Å²) >= 11 is 0. The lowest BCUT2D eigenvalue weighted by Gasteiger charge is -2.34. The molecule has 0 fully saturated rings. The van der Waals surface area contributed by atoms with Gasteiger partial charge in [-0.1, -0.05) is 51.2 Å². The number of carbonyl (C=O) groups is 1. The number of aliphatic imine (C=N–C) groups is 1. The summed E-state index contributed by atoms with van der Waals surface area (Å²) in [4.78, 5) is 15.6. The Hall–Kier alpha value is -1.46. The monoisotopic (exact) mass is 364 g/mol. The molecule has 0 aromatic rings. The average molecular weight is 365 g/mol. The van der Waals surface area contributed by atoms with E-state index in [1.807, 2.05) is 13.1 Å². The van der Waals surface area contributed by atoms with Gasteiger partial charge in [-0.2, -0.15) is 0 Å². The summed E-state index contributed by atoms with van der Waals surface area (Å²) in [6.45, 7) is 4.06. The Labute approximate surface area is 159 Å². The highest BCUT2D eigenvalue weighted by molar-refractivity contribution is 5.81. The van der Waals surface area contributed by atoms with Crippen molar-refractivity contribution in [2.24, 2.45) is 10.7 Å². The van der Waals surface area contributed by atoms with Gasteiger partial charge in [-0.3, -0.25) is 5.73 Å². The van der Waals surface area contributed by atoms with Crippen LogP contribution in [0.25, 0.3) is 0 Å². The zero-order valence-electron chi connectivity index (χ0n) is 16.7. The normalized spacial score (nSPS) is 20.7. The van der Waals surface area contributed by atoms with Gasteiger partial charge in [0.15, 0.2) is 6.54 Å². The molecule has 0 aromatic heterocycles. The molecule has 1 heterocycles. The molecule has 1 aliphatic rings. The van der Waals surface area contributed by atoms with Crippen molar-refractivity contribution in [1.29, 1.82) is 0 Å². The summed E-state index contributed by atoms with van der Waals surface area (Å²) in [6, 6.07) is 0. The molecule has 5 heteroatoms. The number of nitrogens with two attached hydrogens (primary N) is 1. The Bertz CT molecular complexity index is 497. The molecule has 1 rings (SSSR count). The van der Waals surface area contributed by atoms with Crippen LogP contribution in [0.1, 0.15) is 84.5 Å². The molecule has 0 saturated carbocycles. The van der Waals surface area contributed by atoms with Crippen molar-refractivity contribution in [3.05, 3.63) is 24.6 Å². The van der Waals surface area contributed by atoms with Crippen LogP contribution in [0.4, 0.5) is 0 Å². The Kier molecular flexibility index (Phi) is 11.1. The van der Waals surface area contributed by atoms with Crippen LogP contribution in [0.15, 0.2) is 29.5 Å². The van der Waals surface area contributed by atoms with E-state index < -0.39 is 5.97 Å². The molecule has 2 unspecified atom stereocenters. The van der Waals surface area contributed by atoms with Crippen molar-refractivity contribution in [3.8, 4) is 0 Å². The first kappa shape index (κ1) is 22.6. The third-order valence-corrected chi connectivity index (χ3v) is 5.07. The summed E-state index contributed by atoms with van der Waals surface area (Å²) in [7, 11) is 0. The SMILES string of the molecule is CCCCC/C=C/CCCCCCCC1=NC=C[N+]1(CC(=O)O)C(C)N. The van der Waals surface area contributed by atoms with Crippen LogP contribution < -0.4 is 5.73 Å². The van der Waals surface area contributed by atoms with Crippen molar-refractivity contribution in [2.75, 3.05) is 6.54 Å². The highest BCUT2D eigenvalue weighted by Gasteiger charge is 2.40. The van der Waals surface area contributed by atoms with Crippen LogP contribution in [-0.2, 0) is 4.79 Å². The minimum atomic E-state index is -0.843. The van der Waals surface area contributed by atoms with E-state index in [-0.39, 0.29) is 17.2 Å². The molecule has 0 aromatic carbocycles.